The van der Waals surface area contributed by atoms with Crippen molar-refractivity contribution < 1.29 is 4.79 Å². The summed E-state index contributed by atoms with van der Waals surface area (Å²) in [5, 5.41) is 6.67. The molecule has 0 aliphatic heterocycles. The van der Waals surface area contributed by atoms with Gasteiger partial charge in [-0.15, -0.1) is 0 Å². The number of aryl methyl sites for hydroxylation is 3. The van der Waals surface area contributed by atoms with Gasteiger partial charge in [-0.05, 0) is 62.2 Å². The number of benzene rings is 2. The second-order valence-electron chi connectivity index (χ2n) is 6.07. The van der Waals surface area contributed by atoms with Gasteiger partial charge in [0.15, 0.2) is 0 Å². The first-order valence-electron chi connectivity index (χ1n) is 8.18. The molecule has 6 heteroatoms. The Kier molecular flexibility index (Phi) is 5.19. The highest BCUT2D eigenvalue weighted by molar-refractivity contribution is 6.30. The lowest BCUT2D eigenvalue weighted by molar-refractivity contribution is 0.102. The van der Waals surface area contributed by atoms with E-state index in [-0.39, 0.29) is 5.91 Å². The van der Waals surface area contributed by atoms with E-state index in [2.05, 4.69) is 20.6 Å². The summed E-state index contributed by atoms with van der Waals surface area (Å²) in [6.07, 6.45) is 0. The Morgan fingerprint density at radius 2 is 1.69 bits per heavy atom. The number of amides is 1. The number of halogens is 1. The number of hydrogen-bond donors (Lipinski definition) is 2. The summed E-state index contributed by atoms with van der Waals surface area (Å²) < 4.78 is 0. The van der Waals surface area contributed by atoms with Crippen molar-refractivity contribution in [2.75, 3.05) is 10.6 Å². The molecule has 0 fully saturated rings. The SMILES string of the molecule is Cc1cc(C(=O)Nc2ccc(Cl)cc2C)nc(Nc2ccccc2C)n1. The van der Waals surface area contributed by atoms with E-state index in [0.29, 0.717) is 28.0 Å². The zero-order chi connectivity index (χ0) is 18.7. The van der Waals surface area contributed by atoms with Crippen LogP contribution in [-0.4, -0.2) is 15.9 Å². The van der Waals surface area contributed by atoms with Crippen molar-refractivity contribution >= 4 is 34.8 Å². The number of rotatable bonds is 4. The fraction of sp³-hybridized carbons (Fsp3) is 0.150. The molecule has 1 heterocycles. The molecule has 0 atom stereocenters. The van der Waals surface area contributed by atoms with Crippen molar-refractivity contribution in [3.05, 3.63) is 76.1 Å². The summed E-state index contributed by atoms with van der Waals surface area (Å²) in [6, 6.07) is 14.8. The third-order valence-corrected chi connectivity index (χ3v) is 4.15. The van der Waals surface area contributed by atoms with Crippen molar-refractivity contribution in [3.8, 4) is 0 Å². The van der Waals surface area contributed by atoms with Crippen molar-refractivity contribution in [1.82, 2.24) is 9.97 Å². The van der Waals surface area contributed by atoms with Crippen LogP contribution < -0.4 is 10.6 Å². The Morgan fingerprint density at radius 1 is 0.923 bits per heavy atom. The van der Waals surface area contributed by atoms with Crippen LogP contribution in [0.2, 0.25) is 5.02 Å². The van der Waals surface area contributed by atoms with E-state index >= 15 is 0 Å². The van der Waals surface area contributed by atoms with Gasteiger partial charge in [-0.2, -0.15) is 0 Å². The van der Waals surface area contributed by atoms with Crippen LogP contribution in [0.15, 0.2) is 48.5 Å². The Hall–Kier alpha value is -2.92. The van der Waals surface area contributed by atoms with Crippen LogP contribution in [0.25, 0.3) is 0 Å². The third kappa shape index (κ3) is 4.18. The topological polar surface area (TPSA) is 66.9 Å². The standard InChI is InChI=1S/C20H19ClN4O/c1-12-6-4-5-7-16(12)24-20-22-14(3)11-18(25-20)19(26)23-17-9-8-15(21)10-13(17)2/h4-11H,1-3H3,(H,23,26)(H,22,24,25). The monoisotopic (exact) mass is 366 g/mol. The lowest BCUT2D eigenvalue weighted by Crippen LogP contribution is -2.16. The van der Waals surface area contributed by atoms with E-state index < -0.39 is 0 Å². The van der Waals surface area contributed by atoms with Crippen LogP contribution in [0.5, 0.6) is 0 Å². The second-order valence-corrected chi connectivity index (χ2v) is 6.51. The molecule has 26 heavy (non-hydrogen) atoms. The normalized spacial score (nSPS) is 10.5. The molecule has 0 unspecified atom stereocenters. The third-order valence-electron chi connectivity index (χ3n) is 3.92. The molecule has 0 aliphatic carbocycles. The summed E-state index contributed by atoms with van der Waals surface area (Å²) >= 11 is 5.96. The van der Waals surface area contributed by atoms with E-state index in [0.717, 1.165) is 16.8 Å². The van der Waals surface area contributed by atoms with Gasteiger partial charge in [-0.25, -0.2) is 9.97 Å². The van der Waals surface area contributed by atoms with Crippen LogP contribution >= 0.6 is 11.6 Å². The summed E-state index contributed by atoms with van der Waals surface area (Å²) in [7, 11) is 0. The molecule has 0 spiro atoms. The minimum absolute atomic E-state index is 0.294. The average Bonchev–Trinajstić information content (AvgIpc) is 2.59. The largest absolute Gasteiger partial charge is 0.324 e. The summed E-state index contributed by atoms with van der Waals surface area (Å²) in [5.74, 6) is 0.0889. The van der Waals surface area contributed by atoms with Crippen LogP contribution in [0.1, 0.15) is 27.3 Å². The van der Waals surface area contributed by atoms with Gasteiger partial charge in [0.2, 0.25) is 5.95 Å². The van der Waals surface area contributed by atoms with Crippen molar-refractivity contribution in [1.29, 1.82) is 0 Å². The van der Waals surface area contributed by atoms with Gasteiger partial charge in [0.05, 0.1) is 0 Å². The predicted molar refractivity (Wildman–Crippen MR) is 105 cm³/mol. The molecule has 3 aromatic rings. The molecule has 0 saturated heterocycles. The number of para-hydroxylation sites is 1. The highest BCUT2D eigenvalue weighted by Crippen LogP contribution is 2.21. The maximum atomic E-state index is 12.6. The van der Waals surface area contributed by atoms with Crippen LogP contribution in [-0.2, 0) is 0 Å². The highest BCUT2D eigenvalue weighted by atomic mass is 35.5. The van der Waals surface area contributed by atoms with Crippen LogP contribution in [0.4, 0.5) is 17.3 Å². The molecule has 0 bridgehead atoms. The zero-order valence-electron chi connectivity index (χ0n) is 14.8. The molecular formula is C20H19ClN4O. The molecule has 132 valence electrons. The van der Waals surface area contributed by atoms with E-state index in [9.17, 15) is 4.79 Å². The highest BCUT2D eigenvalue weighted by Gasteiger charge is 2.13. The first kappa shape index (κ1) is 17.9. The molecular weight excluding hydrogens is 348 g/mol. The van der Waals surface area contributed by atoms with Gasteiger partial charge in [0.1, 0.15) is 5.69 Å². The van der Waals surface area contributed by atoms with E-state index in [1.54, 1.807) is 24.3 Å². The van der Waals surface area contributed by atoms with Gasteiger partial charge in [0, 0.05) is 22.1 Å². The maximum Gasteiger partial charge on any atom is 0.274 e. The smallest absolute Gasteiger partial charge is 0.274 e. The van der Waals surface area contributed by atoms with Crippen molar-refractivity contribution in [2.45, 2.75) is 20.8 Å². The Morgan fingerprint density at radius 3 is 2.42 bits per heavy atom. The lowest BCUT2D eigenvalue weighted by Gasteiger charge is -2.11. The van der Waals surface area contributed by atoms with Crippen LogP contribution in [0, 0.1) is 20.8 Å². The molecule has 0 saturated carbocycles. The van der Waals surface area contributed by atoms with Gasteiger partial charge in [-0.3, -0.25) is 4.79 Å². The molecule has 3 rings (SSSR count). The molecule has 0 aliphatic rings. The molecule has 2 aromatic carbocycles. The number of carbonyl (C=O) groups excluding carboxylic acids is 1. The number of anilines is 3. The van der Waals surface area contributed by atoms with Crippen LogP contribution in [0.3, 0.4) is 0 Å². The zero-order valence-corrected chi connectivity index (χ0v) is 15.6. The van der Waals surface area contributed by atoms with E-state index in [1.165, 1.54) is 0 Å². The number of aromatic nitrogens is 2. The van der Waals surface area contributed by atoms with Crippen molar-refractivity contribution in [3.63, 3.8) is 0 Å². The van der Waals surface area contributed by atoms with Gasteiger partial charge in [-0.1, -0.05) is 29.8 Å². The second kappa shape index (κ2) is 7.54. The number of nitrogens with zero attached hydrogens (tertiary/aromatic N) is 2. The fourth-order valence-electron chi connectivity index (χ4n) is 2.53. The fourth-order valence-corrected chi connectivity index (χ4v) is 2.75. The molecule has 1 amide bonds. The summed E-state index contributed by atoms with van der Waals surface area (Å²) in [5.41, 5.74) is 4.55. The summed E-state index contributed by atoms with van der Waals surface area (Å²) in [6.45, 7) is 5.71. The van der Waals surface area contributed by atoms with Crippen molar-refractivity contribution in [2.24, 2.45) is 0 Å². The Labute approximate surface area is 157 Å². The van der Waals surface area contributed by atoms with Gasteiger partial charge >= 0.3 is 0 Å². The maximum absolute atomic E-state index is 12.6. The first-order valence-corrected chi connectivity index (χ1v) is 8.56. The molecule has 0 radical (unpaired) electrons. The first-order chi connectivity index (χ1) is 12.4. The van der Waals surface area contributed by atoms with Gasteiger partial charge < -0.3 is 10.6 Å². The number of carbonyl (C=O) groups is 1. The average molecular weight is 367 g/mol. The number of nitrogens with one attached hydrogen (secondary N) is 2. The Bertz CT molecular complexity index is 972. The van der Waals surface area contributed by atoms with E-state index in [1.807, 2.05) is 45.0 Å². The molecule has 5 nitrogen and oxygen atoms in total. The Balaban J connectivity index is 1.85. The lowest BCUT2D eigenvalue weighted by atomic mass is 10.2. The minimum atomic E-state index is -0.297. The summed E-state index contributed by atoms with van der Waals surface area (Å²) in [4.78, 5) is 21.3. The predicted octanol–water partition coefficient (Wildman–Crippen LogP) is 5.05. The van der Waals surface area contributed by atoms with E-state index in [4.69, 9.17) is 11.6 Å². The quantitative estimate of drug-likeness (QED) is 0.678. The van der Waals surface area contributed by atoms with Gasteiger partial charge in [0.25, 0.3) is 5.91 Å². The minimum Gasteiger partial charge on any atom is -0.324 e. The molecule has 2 N–H and O–H groups in total. The molecule has 1 aromatic heterocycles. The number of hydrogen-bond acceptors (Lipinski definition) is 4.